The molecule has 2 aromatic carbocycles. The summed E-state index contributed by atoms with van der Waals surface area (Å²) in [5, 5.41) is 3.11. The molecular weight excluding hydrogens is 251 g/mol. The van der Waals surface area contributed by atoms with Gasteiger partial charge in [0.05, 0.1) is 5.56 Å². The van der Waals surface area contributed by atoms with E-state index in [1.54, 1.807) is 6.07 Å². The third-order valence-electron chi connectivity index (χ3n) is 2.77. The molecule has 0 bridgehead atoms. The van der Waals surface area contributed by atoms with Crippen LogP contribution in [0.1, 0.15) is 16.7 Å². The van der Waals surface area contributed by atoms with Crippen molar-refractivity contribution in [1.29, 1.82) is 0 Å². The van der Waals surface area contributed by atoms with Crippen LogP contribution < -0.4 is 5.32 Å². The number of alkyl halides is 3. The molecule has 2 rings (SSSR count). The normalized spacial score (nSPS) is 11.4. The lowest BCUT2D eigenvalue weighted by molar-refractivity contribution is -0.137. The van der Waals surface area contributed by atoms with Crippen molar-refractivity contribution in [2.45, 2.75) is 19.6 Å². The summed E-state index contributed by atoms with van der Waals surface area (Å²) < 4.78 is 37.7. The van der Waals surface area contributed by atoms with Gasteiger partial charge in [0, 0.05) is 12.2 Å². The van der Waals surface area contributed by atoms with Crippen LogP contribution in [0.25, 0.3) is 0 Å². The van der Waals surface area contributed by atoms with Crippen molar-refractivity contribution in [3.05, 3.63) is 65.2 Å². The molecule has 0 saturated heterocycles. The van der Waals surface area contributed by atoms with Gasteiger partial charge in [0.25, 0.3) is 0 Å². The van der Waals surface area contributed by atoms with Gasteiger partial charge in [-0.1, -0.05) is 24.3 Å². The van der Waals surface area contributed by atoms with Crippen molar-refractivity contribution in [2.24, 2.45) is 0 Å². The molecule has 100 valence electrons. The summed E-state index contributed by atoms with van der Waals surface area (Å²) >= 11 is 0. The number of aryl methyl sites for hydroxylation is 1. The molecule has 0 fully saturated rings. The summed E-state index contributed by atoms with van der Waals surface area (Å²) in [5.41, 5.74) is 2.00. The van der Waals surface area contributed by atoms with E-state index in [0.29, 0.717) is 12.1 Å². The fraction of sp³-hybridized carbons (Fsp3) is 0.200. The third kappa shape index (κ3) is 3.74. The molecule has 0 aromatic heterocycles. The van der Waals surface area contributed by atoms with E-state index in [0.717, 1.165) is 17.3 Å². The zero-order valence-electron chi connectivity index (χ0n) is 10.5. The number of benzene rings is 2. The Hall–Kier alpha value is -1.97. The molecule has 2 aromatic rings. The van der Waals surface area contributed by atoms with Gasteiger partial charge in [0.1, 0.15) is 0 Å². The van der Waals surface area contributed by atoms with E-state index in [-0.39, 0.29) is 0 Å². The molecule has 0 radical (unpaired) electrons. The highest BCUT2D eigenvalue weighted by molar-refractivity contribution is 5.46. The van der Waals surface area contributed by atoms with Gasteiger partial charge in [0.15, 0.2) is 0 Å². The minimum atomic E-state index is -4.29. The van der Waals surface area contributed by atoms with Crippen LogP contribution in [0.2, 0.25) is 0 Å². The lowest BCUT2D eigenvalue weighted by Crippen LogP contribution is -2.06. The van der Waals surface area contributed by atoms with Gasteiger partial charge in [-0.05, 0) is 42.3 Å². The molecular formula is C15H14F3N. The Labute approximate surface area is 110 Å². The van der Waals surface area contributed by atoms with Gasteiger partial charge in [-0.2, -0.15) is 13.2 Å². The quantitative estimate of drug-likeness (QED) is 0.853. The van der Waals surface area contributed by atoms with Crippen LogP contribution in [0.15, 0.2) is 48.5 Å². The lowest BCUT2D eigenvalue weighted by Gasteiger charge is -2.10. The summed E-state index contributed by atoms with van der Waals surface area (Å²) in [4.78, 5) is 0. The fourth-order valence-corrected chi connectivity index (χ4v) is 1.82. The number of rotatable bonds is 3. The van der Waals surface area contributed by atoms with Crippen molar-refractivity contribution < 1.29 is 13.2 Å². The highest BCUT2D eigenvalue weighted by Crippen LogP contribution is 2.29. The first-order valence-corrected chi connectivity index (χ1v) is 5.92. The molecule has 0 heterocycles. The Bertz CT molecular complexity index is 561. The molecule has 0 amide bonds. The summed E-state index contributed by atoms with van der Waals surface area (Å²) in [7, 11) is 0. The first-order chi connectivity index (χ1) is 8.95. The van der Waals surface area contributed by atoms with E-state index in [2.05, 4.69) is 5.32 Å². The second-order valence-corrected chi connectivity index (χ2v) is 4.42. The number of hydrogen-bond donors (Lipinski definition) is 1. The van der Waals surface area contributed by atoms with Gasteiger partial charge in [-0.3, -0.25) is 0 Å². The monoisotopic (exact) mass is 265 g/mol. The topological polar surface area (TPSA) is 12.0 Å². The van der Waals surface area contributed by atoms with Crippen LogP contribution in [0.4, 0.5) is 18.9 Å². The minimum Gasteiger partial charge on any atom is -0.381 e. The second kappa shape index (κ2) is 5.34. The van der Waals surface area contributed by atoms with Crippen LogP contribution in [0.5, 0.6) is 0 Å². The predicted octanol–water partition coefficient (Wildman–Crippen LogP) is 4.63. The van der Waals surface area contributed by atoms with Crippen molar-refractivity contribution in [2.75, 3.05) is 5.32 Å². The van der Waals surface area contributed by atoms with Gasteiger partial charge in [0.2, 0.25) is 0 Å². The Morgan fingerprint density at radius 2 is 1.74 bits per heavy atom. The maximum Gasteiger partial charge on any atom is 0.416 e. The molecule has 0 saturated carbocycles. The highest BCUT2D eigenvalue weighted by Gasteiger charge is 2.30. The van der Waals surface area contributed by atoms with Gasteiger partial charge < -0.3 is 5.32 Å². The fourth-order valence-electron chi connectivity index (χ4n) is 1.82. The summed E-state index contributed by atoms with van der Waals surface area (Å²) in [6.45, 7) is 2.34. The standard InChI is InChI=1S/C15H14F3N/c1-11-4-2-7-14(8-11)19-10-12-5-3-6-13(9-12)15(16,17)18/h2-9,19H,10H2,1H3. The van der Waals surface area contributed by atoms with E-state index < -0.39 is 11.7 Å². The SMILES string of the molecule is Cc1cccc(NCc2cccc(C(F)(F)F)c2)c1. The molecule has 0 unspecified atom stereocenters. The second-order valence-electron chi connectivity index (χ2n) is 4.42. The molecule has 1 N–H and O–H groups in total. The molecule has 0 spiro atoms. The molecule has 4 heteroatoms. The Morgan fingerprint density at radius 3 is 2.42 bits per heavy atom. The Balaban J connectivity index is 2.08. The van der Waals surface area contributed by atoms with Crippen molar-refractivity contribution in [1.82, 2.24) is 0 Å². The number of halogens is 3. The predicted molar refractivity (Wildman–Crippen MR) is 69.9 cm³/mol. The molecule has 0 aliphatic rings. The summed E-state index contributed by atoms with van der Waals surface area (Å²) in [5.74, 6) is 0. The smallest absolute Gasteiger partial charge is 0.381 e. The van der Waals surface area contributed by atoms with E-state index in [4.69, 9.17) is 0 Å². The van der Waals surface area contributed by atoms with Crippen molar-refractivity contribution in [3.8, 4) is 0 Å². The molecule has 0 aliphatic heterocycles. The first kappa shape index (κ1) is 13.5. The van der Waals surface area contributed by atoms with Crippen LogP contribution in [0, 0.1) is 6.92 Å². The van der Waals surface area contributed by atoms with E-state index >= 15 is 0 Å². The number of anilines is 1. The zero-order chi connectivity index (χ0) is 13.9. The Morgan fingerprint density at radius 1 is 1.00 bits per heavy atom. The largest absolute Gasteiger partial charge is 0.416 e. The van der Waals surface area contributed by atoms with E-state index in [9.17, 15) is 13.2 Å². The number of nitrogens with one attached hydrogen (secondary N) is 1. The summed E-state index contributed by atoms with van der Waals surface area (Å²) in [6.07, 6.45) is -4.29. The van der Waals surface area contributed by atoms with Gasteiger partial charge in [-0.25, -0.2) is 0 Å². The molecule has 0 aliphatic carbocycles. The van der Waals surface area contributed by atoms with Crippen LogP contribution in [-0.2, 0) is 12.7 Å². The maximum atomic E-state index is 12.6. The van der Waals surface area contributed by atoms with Crippen molar-refractivity contribution in [3.63, 3.8) is 0 Å². The maximum absolute atomic E-state index is 12.6. The van der Waals surface area contributed by atoms with E-state index in [1.165, 1.54) is 12.1 Å². The van der Waals surface area contributed by atoms with Crippen LogP contribution in [0.3, 0.4) is 0 Å². The molecule has 1 nitrogen and oxygen atoms in total. The van der Waals surface area contributed by atoms with E-state index in [1.807, 2.05) is 31.2 Å². The zero-order valence-corrected chi connectivity index (χ0v) is 10.5. The minimum absolute atomic E-state index is 0.368. The third-order valence-corrected chi connectivity index (χ3v) is 2.77. The first-order valence-electron chi connectivity index (χ1n) is 5.92. The number of hydrogen-bond acceptors (Lipinski definition) is 1. The summed E-state index contributed by atoms with van der Waals surface area (Å²) in [6, 6.07) is 13.1. The lowest BCUT2D eigenvalue weighted by atomic mass is 10.1. The average Bonchev–Trinajstić information content (AvgIpc) is 2.36. The van der Waals surface area contributed by atoms with Crippen LogP contribution >= 0.6 is 0 Å². The highest BCUT2D eigenvalue weighted by atomic mass is 19.4. The average molecular weight is 265 g/mol. The van der Waals surface area contributed by atoms with Crippen molar-refractivity contribution >= 4 is 5.69 Å². The van der Waals surface area contributed by atoms with Gasteiger partial charge >= 0.3 is 6.18 Å². The molecule has 19 heavy (non-hydrogen) atoms. The Kier molecular flexibility index (Phi) is 3.79. The molecule has 0 atom stereocenters. The van der Waals surface area contributed by atoms with Crippen LogP contribution in [-0.4, -0.2) is 0 Å². The van der Waals surface area contributed by atoms with Gasteiger partial charge in [-0.15, -0.1) is 0 Å².